The van der Waals surface area contributed by atoms with Gasteiger partial charge in [-0.2, -0.15) is 5.26 Å². The molecule has 0 saturated carbocycles. The number of nitriles is 1. The molecule has 0 unspecified atom stereocenters. The number of aryl methyl sites for hydroxylation is 1. The number of hydrogen-bond donors (Lipinski definition) is 2. The number of amides is 1. The summed E-state index contributed by atoms with van der Waals surface area (Å²) in [4.78, 5) is 11.9. The molecule has 2 rings (SSSR count). The van der Waals surface area contributed by atoms with Gasteiger partial charge >= 0.3 is 0 Å². The Labute approximate surface area is 130 Å². The molecule has 0 aliphatic rings. The summed E-state index contributed by atoms with van der Waals surface area (Å²) in [6.07, 6.45) is 0. The summed E-state index contributed by atoms with van der Waals surface area (Å²) in [5, 5.41) is 22.6. The fourth-order valence-electron chi connectivity index (χ4n) is 1.64. The van der Waals surface area contributed by atoms with Gasteiger partial charge in [0.05, 0.1) is 11.3 Å². The first-order valence-corrected chi connectivity index (χ1v) is 8.02. The molecular formula is C12H14N6OS2. The van der Waals surface area contributed by atoms with Gasteiger partial charge < -0.3 is 15.6 Å². The van der Waals surface area contributed by atoms with E-state index < -0.39 is 0 Å². The van der Waals surface area contributed by atoms with Crippen LogP contribution in [0.4, 0.5) is 5.00 Å². The number of hydrogen-bond acceptors (Lipinski definition) is 7. The van der Waals surface area contributed by atoms with E-state index in [1.165, 1.54) is 23.1 Å². The average molecular weight is 322 g/mol. The van der Waals surface area contributed by atoms with Gasteiger partial charge in [-0.1, -0.05) is 11.8 Å². The minimum Gasteiger partial charge on any atom is -0.329 e. The van der Waals surface area contributed by atoms with Crippen molar-refractivity contribution >= 4 is 34.0 Å². The van der Waals surface area contributed by atoms with Gasteiger partial charge in [-0.15, -0.1) is 21.5 Å². The van der Waals surface area contributed by atoms with Gasteiger partial charge in [0.25, 0.3) is 0 Å². The van der Waals surface area contributed by atoms with Crippen molar-refractivity contribution in [2.24, 2.45) is 5.73 Å². The zero-order valence-corrected chi connectivity index (χ0v) is 13.0. The Morgan fingerprint density at radius 2 is 2.43 bits per heavy atom. The van der Waals surface area contributed by atoms with Crippen LogP contribution in [0.3, 0.4) is 0 Å². The van der Waals surface area contributed by atoms with Crippen molar-refractivity contribution < 1.29 is 4.79 Å². The summed E-state index contributed by atoms with van der Waals surface area (Å²) in [5.74, 6) is 0.790. The molecule has 0 aliphatic heterocycles. The first kappa shape index (κ1) is 15.5. The van der Waals surface area contributed by atoms with Crippen LogP contribution in [0.1, 0.15) is 11.4 Å². The topological polar surface area (TPSA) is 110 Å². The predicted octanol–water partition coefficient (Wildman–Crippen LogP) is 1.21. The standard InChI is InChI=1S/C12H14N6OS2/c1-8-16-17-12(18(8)4-3-13)21-7-10(19)15-11-9(6-14)2-5-20-11/h2,5H,3-4,7,13H2,1H3,(H,15,19). The molecule has 2 heterocycles. The summed E-state index contributed by atoms with van der Waals surface area (Å²) in [6, 6.07) is 3.71. The average Bonchev–Trinajstić information content (AvgIpc) is 3.05. The number of nitrogens with zero attached hydrogens (tertiary/aromatic N) is 4. The highest BCUT2D eigenvalue weighted by Crippen LogP contribution is 2.23. The molecule has 7 nitrogen and oxygen atoms in total. The maximum absolute atomic E-state index is 11.9. The van der Waals surface area contributed by atoms with Crippen molar-refractivity contribution in [3.63, 3.8) is 0 Å². The van der Waals surface area contributed by atoms with Crippen molar-refractivity contribution in [2.45, 2.75) is 18.6 Å². The van der Waals surface area contributed by atoms with Crippen LogP contribution in [0.15, 0.2) is 16.6 Å². The van der Waals surface area contributed by atoms with Crippen LogP contribution in [0.2, 0.25) is 0 Å². The summed E-state index contributed by atoms with van der Waals surface area (Å²) >= 11 is 2.62. The van der Waals surface area contributed by atoms with Gasteiger partial charge in [0.1, 0.15) is 16.9 Å². The monoisotopic (exact) mass is 322 g/mol. The van der Waals surface area contributed by atoms with E-state index in [9.17, 15) is 4.79 Å². The largest absolute Gasteiger partial charge is 0.329 e. The van der Waals surface area contributed by atoms with E-state index in [-0.39, 0.29) is 11.7 Å². The first-order chi connectivity index (χ1) is 10.2. The van der Waals surface area contributed by atoms with Gasteiger partial charge in [-0.05, 0) is 18.4 Å². The molecule has 21 heavy (non-hydrogen) atoms. The number of thioether (sulfide) groups is 1. The molecule has 2 aromatic rings. The van der Waals surface area contributed by atoms with Gasteiger partial charge in [0.2, 0.25) is 5.91 Å². The van der Waals surface area contributed by atoms with Crippen molar-refractivity contribution in [1.82, 2.24) is 14.8 Å². The molecule has 0 atom stereocenters. The van der Waals surface area contributed by atoms with E-state index >= 15 is 0 Å². The fraction of sp³-hybridized carbons (Fsp3) is 0.333. The summed E-state index contributed by atoms with van der Waals surface area (Å²) < 4.78 is 1.88. The highest BCUT2D eigenvalue weighted by Gasteiger charge is 2.13. The van der Waals surface area contributed by atoms with E-state index in [0.29, 0.717) is 28.8 Å². The van der Waals surface area contributed by atoms with Crippen LogP contribution in [0, 0.1) is 18.3 Å². The smallest absolute Gasteiger partial charge is 0.235 e. The Morgan fingerprint density at radius 1 is 1.62 bits per heavy atom. The molecule has 0 aliphatic carbocycles. The molecule has 0 bridgehead atoms. The number of carbonyl (C=O) groups excluding carboxylic acids is 1. The normalized spacial score (nSPS) is 10.3. The Bertz CT molecular complexity index is 672. The highest BCUT2D eigenvalue weighted by atomic mass is 32.2. The zero-order chi connectivity index (χ0) is 15.2. The Balaban J connectivity index is 1.94. The molecular weight excluding hydrogens is 308 g/mol. The minimum absolute atomic E-state index is 0.182. The summed E-state index contributed by atoms with van der Waals surface area (Å²) in [7, 11) is 0. The summed E-state index contributed by atoms with van der Waals surface area (Å²) in [6.45, 7) is 2.95. The molecule has 9 heteroatoms. The Morgan fingerprint density at radius 3 is 3.14 bits per heavy atom. The van der Waals surface area contributed by atoms with Crippen LogP contribution < -0.4 is 11.1 Å². The van der Waals surface area contributed by atoms with Gasteiger partial charge in [-0.25, -0.2) is 0 Å². The van der Waals surface area contributed by atoms with Crippen molar-refractivity contribution in [3.05, 3.63) is 22.8 Å². The van der Waals surface area contributed by atoms with E-state index in [2.05, 4.69) is 15.5 Å². The zero-order valence-electron chi connectivity index (χ0n) is 11.4. The SMILES string of the molecule is Cc1nnc(SCC(=O)Nc2sccc2C#N)n1CCN. The molecule has 0 aromatic carbocycles. The van der Waals surface area contributed by atoms with Crippen molar-refractivity contribution in [3.8, 4) is 6.07 Å². The number of nitrogens with two attached hydrogens (primary N) is 1. The fourth-order valence-corrected chi connectivity index (χ4v) is 3.21. The second-order valence-corrected chi connectivity index (χ2v) is 5.94. The van der Waals surface area contributed by atoms with E-state index in [1.807, 2.05) is 17.6 Å². The lowest BCUT2D eigenvalue weighted by Crippen LogP contribution is -2.16. The van der Waals surface area contributed by atoms with Crippen LogP contribution in [-0.2, 0) is 11.3 Å². The molecule has 2 aromatic heterocycles. The molecule has 1 amide bonds. The lowest BCUT2D eigenvalue weighted by atomic mass is 10.3. The first-order valence-electron chi connectivity index (χ1n) is 6.15. The third-order valence-electron chi connectivity index (χ3n) is 2.63. The minimum atomic E-state index is -0.182. The third kappa shape index (κ3) is 3.81. The highest BCUT2D eigenvalue weighted by molar-refractivity contribution is 7.99. The van der Waals surface area contributed by atoms with Crippen molar-refractivity contribution in [1.29, 1.82) is 5.26 Å². The van der Waals surface area contributed by atoms with Crippen LogP contribution in [0.25, 0.3) is 0 Å². The maximum atomic E-state index is 11.9. The second kappa shape index (κ2) is 7.21. The van der Waals surface area contributed by atoms with Gasteiger partial charge in [0, 0.05) is 13.1 Å². The molecule has 0 spiro atoms. The Hall–Kier alpha value is -1.89. The van der Waals surface area contributed by atoms with Crippen LogP contribution in [0.5, 0.6) is 0 Å². The molecule has 0 saturated heterocycles. The van der Waals surface area contributed by atoms with Gasteiger partial charge in [-0.3, -0.25) is 4.79 Å². The van der Waals surface area contributed by atoms with E-state index in [4.69, 9.17) is 11.0 Å². The molecule has 110 valence electrons. The van der Waals surface area contributed by atoms with Gasteiger partial charge in [0.15, 0.2) is 5.16 Å². The quantitative estimate of drug-likeness (QED) is 0.774. The molecule has 0 radical (unpaired) electrons. The van der Waals surface area contributed by atoms with Crippen LogP contribution in [-0.4, -0.2) is 33.0 Å². The summed E-state index contributed by atoms with van der Waals surface area (Å²) in [5.41, 5.74) is 6.01. The lowest BCUT2D eigenvalue weighted by molar-refractivity contribution is -0.113. The number of rotatable bonds is 6. The van der Waals surface area contributed by atoms with E-state index in [1.54, 1.807) is 11.4 Å². The maximum Gasteiger partial charge on any atom is 0.235 e. The third-order valence-corrected chi connectivity index (χ3v) is 4.42. The Kier molecular flexibility index (Phi) is 5.32. The molecule has 3 N–H and O–H groups in total. The second-order valence-electron chi connectivity index (χ2n) is 4.08. The number of anilines is 1. The predicted molar refractivity (Wildman–Crippen MR) is 82.2 cm³/mol. The lowest BCUT2D eigenvalue weighted by Gasteiger charge is -2.06. The number of aromatic nitrogens is 3. The molecule has 0 fully saturated rings. The van der Waals surface area contributed by atoms with Crippen molar-refractivity contribution in [2.75, 3.05) is 17.6 Å². The van der Waals surface area contributed by atoms with Crippen LogP contribution >= 0.6 is 23.1 Å². The number of carbonyl (C=O) groups is 1. The number of thiophene rings is 1. The van der Waals surface area contributed by atoms with E-state index in [0.717, 1.165) is 5.82 Å². The number of nitrogens with one attached hydrogen (secondary N) is 1.